The summed E-state index contributed by atoms with van der Waals surface area (Å²) in [6.45, 7) is 3.47. The third-order valence-electron chi connectivity index (χ3n) is 2.08. The molecule has 0 radical (unpaired) electrons. The summed E-state index contributed by atoms with van der Waals surface area (Å²) in [5, 5.41) is 3.00. The van der Waals surface area contributed by atoms with E-state index in [0.29, 0.717) is 19.7 Å². The Morgan fingerprint density at radius 2 is 2.12 bits per heavy atom. The molecule has 5 nitrogen and oxygen atoms in total. The van der Waals surface area contributed by atoms with Crippen molar-refractivity contribution in [2.45, 2.75) is 6.92 Å². The van der Waals surface area contributed by atoms with Crippen molar-refractivity contribution >= 4 is 9.84 Å². The molecule has 0 amide bonds. The molecule has 0 aliphatic carbocycles. The number of pyridine rings is 1. The lowest BCUT2D eigenvalue weighted by atomic mass is 10.4. The number of ether oxygens (including phenoxy) is 1. The molecule has 0 spiro atoms. The van der Waals surface area contributed by atoms with Gasteiger partial charge < -0.3 is 10.1 Å². The molecule has 1 N–H and O–H groups in total. The van der Waals surface area contributed by atoms with Gasteiger partial charge in [-0.3, -0.25) is 4.98 Å². The smallest absolute Gasteiger partial charge is 0.148 e. The Balaban J connectivity index is 2.10. The molecule has 0 fully saturated rings. The van der Waals surface area contributed by atoms with Crippen molar-refractivity contribution in [1.29, 1.82) is 0 Å². The minimum atomic E-state index is -2.88. The predicted molar refractivity (Wildman–Crippen MR) is 67.0 cm³/mol. The van der Waals surface area contributed by atoms with Gasteiger partial charge in [0.15, 0.2) is 0 Å². The van der Waals surface area contributed by atoms with E-state index >= 15 is 0 Å². The predicted octanol–water partition coefficient (Wildman–Crippen LogP) is 0.403. The van der Waals surface area contributed by atoms with Crippen LogP contribution in [0.25, 0.3) is 0 Å². The van der Waals surface area contributed by atoms with E-state index in [1.54, 1.807) is 6.20 Å². The standard InChI is InChI=1S/C11H18N2O3S/c1-10-3-4-11(9-13-10)16-7-5-12-6-8-17(2,14)15/h3-4,9,12H,5-8H2,1-2H3. The van der Waals surface area contributed by atoms with Gasteiger partial charge in [0, 0.05) is 25.0 Å². The van der Waals surface area contributed by atoms with E-state index in [9.17, 15) is 8.42 Å². The molecule has 1 rings (SSSR count). The first-order valence-corrected chi connectivity index (χ1v) is 7.47. The van der Waals surface area contributed by atoms with Crippen LogP contribution in [0.1, 0.15) is 5.69 Å². The molecule has 17 heavy (non-hydrogen) atoms. The molecule has 1 aromatic rings. The maximum atomic E-state index is 10.8. The van der Waals surface area contributed by atoms with E-state index in [4.69, 9.17) is 4.74 Å². The Bertz CT molecular complexity index is 429. The quantitative estimate of drug-likeness (QED) is 0.717. The minimum absolute atomic E-state index is 0.152. The van der Waals surface area contributed by atoms with Crippen molar-refractivity contribution in [2.24, 2.45) is 0 Å². The van der Waals surface area contributed by atoms with Gasteiger partial charge in [0.1, 0.15) is 22.2 Å². The van der Waals surface area contributed by atoms with Crippen LogP contribution in [0.5, 0.6) is 5.75 Å². The second kappa shape index (κ2) is 6.56. The Hall–Kier alpha value is -1.14. The van der Waals surface area contributed by atoms with E-state index < -0.39 is 9.84 Å². The fourth-order valence-electron chi connectivity index (χ4n) is 1.16. The van der Waals surface area contributed by atoms with Gasteiger partial charge in [0.25, 0.3) is 0 Å². The Labute approximate surface area is 102 Å². The number of nitrogens with one attached hydrogen (secondary N) is 1. The number of hydrogen-bond acceptors (Lipinski definition) is 5. The molecule has 0 unspecified atom stereocenters. The lowest BCUT2D eigenvalue weighted by Crippen LogP contribution is -2.26. The third-order valence-corrected chi connectivity index (χ3v) is 3.03. The molecular formula is C11H18N2O3S. The Kier molecular flexibility index (Phi) is 5.37. The molecular weight excluding hydrogens is 240 g/mol. The molecule has 0 atom stereocenters. The third kappa shape index (κ3) is 6.91. The van der Waals surface area contributed by atoms with Crippen LogP contribution in [0, 0.1) is 6.92 Å². The van der Waals surface area contributed by atoms with E-state index in [1.165, 1.54) is 6.26 Å². The van der Waals surface area contributed by atoms with Crippen molar-refractivity contribution in [3.8, 4) is 5.75 Å². The fraction of sp³-hybridized carbons (Fsp3) is 0.545. The summed E-state index contributed by atoms with van der Waals surface area (Å²) in [5.41, 5.74) is 0.948. The van der Waals surface area contributed by atoms with Crippen LogP contribution in [0.15, 0.2) is 18.3 Å². The second-order valence-corrected chi connectivity index (χ2v) is 6.12. The molecule has 0 saturated heterocycles. The van der Waals surface area contributed by atoms with Crippen LogP contribution >= 0.6 is 0 Å². The van der Waals surface area contributed by atoms with Crippen molar-refractivity contribution in [3.05, 3.63) is 24.0 Å². The van der Waals surface area contributed by atoms with E-state index in [1.807, 2.05) is 19.1 Å². The van der Waals surface area contributed by atoms with Gasteiger partial charge >= 0.3 is 0 Å². The highest BCUT2D eigenvalue weighted by molar-refractivity contribution is 7.90. The highest BCUT2D eigenvalue weighted by Crippen LogP contribution is 2.07. The van der Waals surface area contributed by atoms with Crippen molar-refractivity contribution in [2.75, 3.05) is 31.7 Å². The van der Waals surface area contributed by atoms with Gasteiger partial charge in [0.2, 0.25) is 0 Å². The van der Waals surface area contributed by atoms with Crippen LogP contribution in [0.2, 0.25) is 0 Å². The second-order valence-electron chi connectivity index (χ2n) is 3.86. The average molecular weight is 258 g/mol. The van der Waals surface area contributed by atoms with Crippen LogP contribution in [0.4, 0.5) is 0 Å². The van der Waals surface area contributed by atoms with Crippen LogP contribution in [-0.4, -0.2) is 45.1 Å². The zero-order valence-corrected chi connectivity index (χ0v) is 11.0. The topological polar surface area (TPSA) is 68.3 Å². The van der Waals surface area contributed by atoms with Gasteiger partial charge in [-0.1, -0.05) is 0 Å². The van der Waals surface area contributed by atoms with Gasteiger partial charge in [-0.25, -0.2) is 8.42 Å². The Morgan fingerprint density at radius 3 is 2.71 bits per heavy atom. The fourth-order valence-corrected chi connectivity index (χ4v) is 1.68. The average Bonchev–Trinajstić information content (AvgIpc) is 2.24. The van der Waals surface area contributed by atoms with Crippen molar-refractivity contribution in [1.82, 2.24) is 10.3 Å². The highest BCUT2D eigenvalue weighted by atomic mass is 32.2. The lowest BCUT2D eigenvalue weighted by Gasteiger charge is -2.06. The van der Waals surface area contributed by atoms with Gasteiger partial charge in [0.05, 0.1) is 11.9 Å². The van der Waals surface area contributed by atoms with Gasteiger partial charge in [-0.05, 0) is 19.1 Å². The summed E-state index contributed by atoms with van der Waals surface area (Å²) in [5.74, 6) is 0.875. The van der Waals surface area contributed by atoms with Gasteiger partial charge in [-0.15, -0.1) is 0 Å². The molecule has 6 heteroatoms. The van der Waals surface area contributed by atoms with Crippen LogP contribution < -0.4 is 10.1 Å². The van der Waals surface area contributed by atoms with Crippen LogP contribution in [0.3, 0.4) is 0 Å². The van der Waals surface area contributed by atoms with E-state index in [-0.39, 0.29) is 5.75 Å². The largest absolute Gasteiger partial charge is 0.491 e. The van der Waals surface area contributed by atoms with E-state index in [0.717, 1.165) is 11.4 Å². The van der Waals surface area contributed by atoms with Crippen LogP contribution in [-0.2, 0) is 9.84 Å². The summed E-state index contributed by atoms with van der Waals surface area (Å²) in [6.07, 6.45) is 2.90. The van der Waals surface area contributed by atoms with Crippen molar-refractivity contribution in [3.63, 3.8) is 0 Å². The summed E-state index contributed by atoms with van der Waals surface area (Å²) in [4.78, 5) is 4.10. The molecule has 0 aliphatic heterocycles. The first kappa shape index (κ1) is 13.9. The summed E-state index contributed by atoms with van der Waals surface area (Å²) < 4.78 is 27.1. The Morgan fingerprint density at radius 1 is 1.35 bits per heavy atom. The first-order chi connectivity index (χ1) is 7.97. The van der Waals surface area contributed by atoms with E-state index in [2.05, 4.69) is 10.3 Å². The molecule has 0 aromatic carbocycles. The van der Waals surface area contributed by atoms with Crippen molar-refractivity contribution < 1.29 is 13.2 Å². The van der Waals surface area contributed by atoms with Gasteiger partial charge in [-0.2, -0.15) is 0 Å². The summed E-state index contributed by atoms with van der Waals surface area (Å²) in [6, 6.07) is 3.74. The highest BCUT2D eigenvalue weighted by Gasteiger charge is 2.00. The maximum absolute atomic E-state index is 10.8. The number of sulfone groups is 1. The zero-order valence-electron chi connectivity index (χ0n) is 10.1. The number of rotatable bonds is 7. The summed E-state index contributed by atoms with van der Waals surface area (Å²) in [7, 11) is -2.88. The normalized spacial score (nSPS) is 11.4. The summed E-state index contributed by atoms with van der Waals surface area (Å²) >= 11 is 0. The minimum Gasteiger partial charge on any atom is -0.491 e. The molecule has 0 aliphatic rings. The SMILES string of the molecule is Cc1ccc(OCCNCCS(C)(=O)=O)cn1. The monoisotopic (exact) mass is 258 g/mol. The lowest BCUT2D eigenvalue weighted by molar-refractivity contribution is 0.314. The molecule has 1 aromatic heterocycles. The molecule has 0 bridgehead atoms. The molecule has 96 valence electrons. The molecule has 1 heterocycles. The number of hydrogen-bond donors (Lipinski definition) is 1. The number of nitrogens with zero attached hydrogens (tertiary/aromatic N) is 1. The first-order valence-electron chi connectivity index (χ1n) is 5.41. The zero-order chi connectivity index (χ0) is 12.7. The molecule has 0 saturated carbocycles. The number of aromatic nitrogens is 1. The number of aryl methyl sites for hydroxylation is 1. The maximum Gasteiger partial charge on any atom is 0.148 e.